The van der Waals surface area contributed by atoms with Crippen LogP contribution in [0, 0.1) is 6.92 Å². The number of benzene rings is 2. The van der Waals surface area contributed by atoms with Crippen LogP contribution in [0.25, 0.3) is 0 Å². The highest BCUT2D eigenvalue weighted by Crippen LogP contribution is 2.25. The summed E-state index contributed by atoms with van der Waals surface area (Å²) in [4.78, 5) is 15.0. The molecule has 0 aromatic heterocycles. The molecule has 0 atom stereocenters. The van der Waals surface area contributed by atoms with E-state index in [1.807, 2.05) is 13.0 Å². The van der Waals surface area contributed by atoms with Crippen molar-refractivity contribution in [2.45, 2.75) is 30.7 Å². The summed E-state index contributed by atoms with van der Waals surface area (Å²) < 4.78 is 27.8. The lowest BCUT2D eigenvalue weighted by Crippen LogP contribution is -2.47. The summed E-state index contributed by atoms with van der Waals surface area (Å²) in [5.74, 6) is -0.307. The topological polar surface area (TPSA) is 69.7 Å². The van der Waals surface area contributed by atoms with Crippen LogP contribution in [0.4, 0.5) is 5.69 Å². The third kappa shape index (κ3) is 5.50. The van der Waals surface area contributed by atoms with Crippen LogP contribution in [0.15, 0.2) is 53.4 Å². The second-order valence-corrected chi connectivity index (χ2v) is 9.75. The number of hydrogen-bond acceptors (Lipinski definition) is 4. The summed E-state index contributed by atoms with van der Waals surface area (Å²) in [5, 5.41) is 3.44. The van der Waals surface area contributed by atoms with Gasteiger partial charge in [0.15, 0.2) is 0 Å². The van der Waals surface area contributed by atoms with E-state index in [1.54, 1.807) is 18.2 Å². The number of carbonyl (C=O) groups is 1. The van der Waals surface area contributed by atoms with Crippen molar-refractivity contribution in [3.05, 3.63) is 59.1 Å². The maximum atomic E-state index is 13.3. The van der Waals surface area contributed by atoms with Gasteiger partial charge >= 0.3 is 0 Å². The molecule has 0 saturated carbocycles. The molecule has 1 fully saturated rings. The van der Waals surface area contributed by atoms with Gasteiger partial charge in [0, 0.05) is 11.1 Å². The van der Waals surface area contributed by atoms with Crippen molar-refractivity contribution in [2.24, 2.45) is 0 Å². The van der Waals surface area contributed by atoms with Gasteiger partial charge in [-0.1, -0.05) is 23.7 Å². The van der Waals surface area contributed by atoms with Gasteiger partial charge in [0.2, 0.25) is 5.91 Å². The third-order valence-electron chi connectivity index (χ3n) is 5.06. The van der Waals surface area contributed by atoms with E-state index in [0.29, 0.717) is 10.7 Å². The first-order valence-electron chi connectivity index (χ1n) is 9.58. The molecule has 1 saturated heterocycles. The van der Waals surface area contributed by atoms with E-state index in [0.717, 1.165) is 35.8 Å². The second-order valence-electron chi connectivity index (χ2n) is 7.45. The van der Waals surface area contributed by atoms with Crippen molar-refractivity contribution in [1.82, 2.24) is 10.2 Å². The number of amides is 1. The van der Waals surface area contributed by atoms with E-state index >= 15 is 0 Å². The van der Waals surface area contributed by atoms with Crippen LogP contribution in [-0.2, 0) is 14.8 Å². The minimum atomic E-state index is -3.93. The van der Waals surface area contributed by atoms with Gasteiger partial charge in [0.1, 0.15) is 6.54 Å². The van der Waals surface area contributed by atoms with Gasteiger partial charge in [-0.15, -0.1) is 0 Å². The van der Waals surface area contributed by atoms with Crippen molar-refractivity contribution in [3.63, 3.8) is 0 Å². The number of rotatable bonds is 6. The number of piperidine rings is 1. The molecule has 0 bridgehead atoms. The fourth-order valence-corrected chi connectivity index (χ4v) is 4.93. The molecule has 29 heavy (non-hydrogen) atoms. The van der Waals surface area contributed by atoms with Gasteiger partial charge in [0.25, 0.3) is 10.0 Å². The highest BCUT2D eigenvalue weighted by molar-refractivity contribution is 7.92. The molecule has 0 aliphatic carbocycles. The molecular formula is C21H26ClN3O3S. The van der Waals surface area contributed by atoms with E-state index < -0.39 is 10.0 Å². The molecule has 1 heterocycles. The summed E-state index contributed by atoms with van der Waals surface area (Å²) in [5.41, 5.74) is 1.37. The average molecular weight is 436 g/mol. The van der Waals surface area contributed by atoms with Crippen LogP contribution < -0.4 is 9.62 Å². The molecule has 156 valence electrons. The minimum absolute atomic E-state index is 0.0660. The number of sulfonamides is 1. The molecule has 1 aliphatic heterocycles. The molecule has 0 unspecified atom stereocenters. The number of aryl methyl sites for hydroxylation is 1. The monoisotopic (exact) mass is 435 g/mol. The normalized spacial score (nSPS) is 15.8. The van der Waals surface area contributed by atoms with Gasteiger partial charge in [-0.05, 0) is 81.9 Å². The van der Waals surface area contributed by atoms with Crippen molar-refractivity contribution >= 4 is 33.2 Å². The van der Waals surface area contributed by atoms with Gasteiger partial charge in [-0.25, -0.2) is 8.42 Å². The second kappa shape index (κ2) is 9.15. The zero-order valence-corrected chi connectivity index (χ0v) is 18.2. The molecule has 0 spiro atoms. The van der Waals surface area contributed by atoms with Crippen LogP contribution in [0.1, 0.15) is 18.4 Å². The summed E-state index contributed by atoms with van der Waals surface area (Å²) >= 11 is 5.91. The fraction of sp³-hybridized carbons (Fsp3) is 0.381. The molecule has 1 aliphatic rings. The summed E-state index contributed by atoms with van der Waals surface area (Å²) in [6.07, 6.45) is 1.72. The van der Waals surface area contributed by atoms with E-state index in [2.05, 4.69) is 17.3 Å². The molecule has 6 nitrogen and oxygen atoms in total. The van der Waals surface area contributed by atoms with Crippen LogP contribution in [-0.4, -0.2) is 51.9 Å². The van der Waals surface area contributed by atoms with Gasteiger partial charge < -0.3 is 10.2 Å². The smallest absolute Gasteiger partial charge is 0.264 e. The predicted molar refractivity (Wildman–Crippen MR) is 116 cm³/mol. The molecule has 2 aromatic rings. The largest absolute Gasteiger partial charge is 0.352 e. The van der Waals surface area contributed by atoms with Gasteiger partial charge in [-0.2, -0.15) is 0 Å². The molecule has 8 heteroatoms. The molecule has 2 aromatic carbocycles. The van der Waals surface area contributed by atoms with E-state index in [4.69, 9.17) is 11.6 Å². The Bertz CT molecular complexity index is 955. The molecule has 0 radical (unpaired) electrons. The summed E-state index contributed by atoms with van der Waals surface area (Å²) in [7, 11) is -1.87. The number of likely N-dealkylation sites (tertiary alicyclic amines) is 1. The Balaban J connectivity index is 1.85. The maximum Gasteiger partial charge on any atom is 0.264 e. The number of halogens is 1. The van der Waals surface area contributed by atoms with E-state index in [9.17, 15) is 13.2 Å². The van der Waals surface area contributed by atoms with Gasteiger partial charge in [0.05, 0.1) is 10.6 Å². The number of nitrogens with zero attached hydrogens (tertiary/aromatic N) is 2. The zero-order valence-electron chi connectivity index (χ0n) is 16.6. The lowest BCUT2D eigenvalue weighted by molar-refractivity contribution is -0.120. The van der Waals surface area contributed by atoms with Crippen molar-refractivity contribution in [1.29, 1.82) is 0 Å². The summed E-state index contributed by atoms with van der Waals surface area (Å²) in [6, 6.07) is 13.2. The highest BCUT2D eigenvalue weighted by Gasteiger charge is 2.28. The van der Waals surface area contributed by atoms with Gasteiger partial charge in [-0.3, -0.25) is 9.10 Å². The highest BCUT2D eigenvalue weighted by atomic mass is 35.5. The number of carbonyl (C=O) groups excluding carboxylic acids is 1. The maximum absolute atomic E-state index is 13.3. The van der Waals surface area contributed by atoms with Crippen LogP contribution in [0.2, 0.25) is 5.02 Å². The minimum Gasteiger partial charge on any atom is -0.352 e. The third-order valence-corrected chi connectivity index (χ3v) is 7.10. The molecule has 1 N–H and O–H groups in total. The Kier molecular flexibility index (Phi) is 6.82. The predicted octanol–water partition coefficient (Wildman–Crippen LogP) is 3.05. The first-order chi connectivity index (χ1) is 13.8. The zero-order chi connectivity index (χ0) is 21.0. The first kappa shape index (κ1) is 21.6. The van der Waals surface area contributed by atoms with E-state index in [1.165, 1.54) is 24.3 Å². The molecule has 1 amide bonds. The quantitative estimate of drug-likeness (QED) is 0.757. The van der Waals surface area contributed by atoms with Crippen molar-refractivity contribution in [2.75, 3.05) is 31.0 Å². The molecular weight excluding hydrogens is 410 g/mol. The lowest BCUT2D eigenvalue weighted by Gasteiger charge is -2.30. The van der Waals surface area contributed by atoms with Crippen molar-refractivity contribution < 1.29 is 13.2 Å². The number of nitrogens with one attached hydrogen (secondary N) is 1. The van der Waals surface area contributed by atoms with Crippen LogP contribution >= 0.6 is 11.6 Å². The lowest BCUT2D eigenvalue weighted by atomic mass is 10.1. The first-order valence-corrected chi connectivity index (χ1v) is 11.4. The fourth-order valence-electron chi connectivity index (χ4n) is 3.39. The Labute approximate surface area is 177 Å². The number of hydrogen-bond donors (Lipinski definition) is 1. The van der Waals surface area contributed by atoms with Crippen LogP contribution in [0.3, 0.4) is 0 Å². The average Bonchev–Trinajstić information content (AvgIpc) is 2.68. The molecule has 3 rings (SSSR count). The Morgan fingerprint density at radius 2 is 1.83 bits per heavy atom. The standard InChI is InChI=1S/C21H26ClN3O3S/c1-16-4-3-5-19(14-16)25(29(27,28)20-8-6-17(22)7-9-20)15-21(26)23-18-10-12-24(2)13-11-18/h3-9,14,18H,10-13,15H2,1-2H3,(H,23,26). The Morgan fingerprint density at radius 3 is 2.45 bits per heavy atom. The Morgan fingerprint density at radius 1 is 1.17 bits per heavy atom. The number of anilines is 1. The summed E-state index contributed by atoms with van der Waals surface area (Å²) in [6.45, 7) is 3.43. The van der Waals surface area contributed by atoms with Crippen LogP contribution in [0.5, 0.6) is 0 Å². The van der Waals surface area contributed by atoms with E-state index in [-0.39, 0.29) is 23.4 Å². The SMILES string of the molecule is Cc1cccc(N(CC(=O)NC2CCN(C)CC2)S(=O)(=O)c2ccc(Cl)cc2)c1. The van der Waals surface area contributed by atoms with Crippen molar-refractivity contribution in [3.8, 4) is 0 Å². The Hall–Kier alpha value is -2.09.